The first kappa shape index (κ1) is 97.8. The van der Waals surface area contributed by atoms with Gasteiger partial charge in [-0.05, 0) is 191 Å². The predicted octanol–water partition coefficient (Wildman–Crippen LogP) is 17.0. The molecule has 0 bridgehead atoms. The van der Waals surface area contributed by atoms with Gasteiger partial charge in [0, 0.05) is 176 Å². The summed E-state index contributed by atoms with van der Waals surface area (Å²) >= 11 is 0. The van der Waals surface area contributed by atoms with E-state index in [9.17, 15) is 56.2 Å². The summed E-state index contributed by atoms with van der Waals surface area (Å²) in [7, 11) is 2.73. The number of halogens is 3. The number of rotatable bonds is 20. The number of methoxy groups -OCH3 is 4. The van der Waals surface area contributed by atoms with Crippen LogP contribution >= 0.6 is 0 Å². The van der Waals surface area contributed by atoms with E-state index in [2.05, 4.69) is 57.8 Å². The van der Waals surface area contributed by atoms with Crippen molar-refractivity contribution in [3.63, 3.8) is 0 Å². The highest BCUT2D eigenvalue weighted by molar-refractivity contribution is 7.89. The van der Waals surface area contributed by atoms with Crippen LogP contribution < -0.4 is 33.1 Å². The normalized spacial score (nSPS) is 19.2. The maximum Gasteiger partial charge on any atom is 0.431 e. The molecule has 4 aromatic heterocycles. The van der Waals surface area contributed by atoms with E-state index in [1.807, 2.05) is 113 Å². The van der Waals surface area contributed by atoms with Crippen molar-refractivity contribution in [3.05, 3.63) is 269 Å². The highest BCUT2D eigenvalue weighted by atomic mass is 32.2. The van der Waals surface area contributed by atoms with Crippen LogP contribution in [0.3, 0.4) is 0 Å². The minimum atomic E-state index is -4.50. The number of alkyl halides is 3. The van der Waals surface area contributed by atoms with Crippen LogP contribution in [-0.4, -0.2) is 210 Å². The molecule has 0 radical (unpaired) electrons. The number of aryl methyl sites for hydroxylation is 1. The highest BCUT2D eigenvalue weighted by Crippen LogP contribution is 2.54. The SMILES string of the molecule is CC(C)C(O)c1ccc(C(=O)N2CCC3(CC2)Oc2ccccc2-n2c(C(F)(F)F)ccc23)cc1.CC(O)NS(=O)(=O)c1ccc(C(=O)N2CCC3(CC2)Oc2ccccc2-n2c(C#N)ccc23)cc1.CCn1ncc2c1-c1ccccc1OC21CCN(C(=O)c2ccc(OCCOC)c(OC)c2)CC1.COC1CC(C(=O)N2CCC3(CC2)Oc2ccccc2-n2cccc23)CCC1OC[C@H](C)OC.[HH].[HH].[HH]. The number of para-hydroxylation sites is 7. The first-order valence-corrected chi connectivity index (χ1v) is 49.0. The molecule has 5 fully saturated rings. The second kappa shape index (κ2) is 41.0. The number of benzene rings is 7. The fourth-order valence-corrected chi connectivity index (χ4v) is 21.8. The molecule has 20 rings (SSSR count). The zero-order chi connectivity index (χ0) is 97.9. The third-order valence-electron chi connectivity index (χ3n) is 28.3. The van der Waals surface area contributed by atoms with Gasteiger partial charge in [0.05, 0.1) is 95.7 Å². The summed E-state index contributed by atoms with van der Waals surface area (Å²) in [5.74, 6) is 3.94. The van der Waals surface area contributed by atoms with Crippen LogP contribution in [0.1, 0.15) is 186 Å². The van der Waals surface area contributed by atoms with Gasteiger partial charge in [-0.3, -0.25) is 28.4 Å². The van der Waals surface area contributed by atoms with E-state index in [-0.39, 0.29) is 68.6 Å². The Balaban J connectivity index is 0.000000149. The lowest BCUT2D eigenvalue weighted by molar-refractivity contribution is -0.148. The molecule has 4 spiro atoms. The number of aliphatic hydroxyl groups is 2. The number of hydrogen-bond donors (Lipinski definition) is 3. The molecule has 139 heavy (non-hydrogen) atoms. The predicted molar refractivity (Wildman–Crippen MR) is 517 cm³/mol. The first-order chi connectivity index (χ1) is 67.0. The first-order valence-electron chi connectivity index (χ1n) is 47.5. The van der Waals surface area contributed by atoms with Gasteiger partial charge in [-0.15, -0.1) is 0 Å². The van der Waals surface area contributed by atoms with Crippen molar-refractivity contribution >= 4 is 33.7 Å². The van der Waals surface area contributed by atoms with Crippen LogP contribution in [0.5, 0.6) is 34.5 Å². The Kier molecular flexibility index (Phi) is 28.8. The van der Waals surface area contributed by atoms with Gasteiger partial charge in [0.15, 0.2) is 28.3 Å². The van der Waals surface area contributed by atoms with Gasteiger partial charge in [0.25, 0.3) is 17.7 Å². The molecular weight excluding hydrogens is 1800 g/mol. The second-order valence-corrected chi connectivity index (χ2v) is 38.7. The molecular formula is C106H124F3N11O18S. The molecule has 738 valence electrons. The van der Waals surface area contributed by atoms with Crippen molar-refractivity contribution in [1.82, 2.24) is 47.8 Å². The van der Waals surface area contributed by atoms with Crippen molar-refractivity contribution < 1.29 is 103 Å². The number of hydrogen-bond acceptors (Lipinski definition) is 20. The van der Waals surface area contributed by atoms with Crippen LogP contribution in [-0.2, 0) is 68.9 Å². The zero-order valence-electron chi connectivity index (χ0n) is 79.5. The number of aliphatic hydroxyl groups excluding tert-OH is 2. The maximum atomic E-state index is 13.8. The molecule has 1 saturated carbocycles. The van der Waals surface area contributed by atoms with Crippen molar-refractivity contribution in [2.75, 3.05) is 101 Å². The van der Waals surface area contributed by atoms with E-state index in [0.717, 1.165) is 89.2 Å². The summed E-state index contributed by atoms with van der Waals surface area (Å²) in [6, 6.07) is 61.4. The largest absolute Gasteiger partial charge is 0.493 e. The number of nitriles is 1. The third-order valence-corrected chi connectivity index (χ3v) is 29.8. The summed E-state index contributed by atoms with van der Waals surface area (Å²) in [6.45, 7) is 15.6. The highest BCUT2D eigenvalue weighted by Gasteiger charge is 2.52. The summed E-state index contributed by atoms with van der Waals surface area (Å²) in [5.41, 5.74) is 7.70. The molecule has 9 aliphatic rings. The molecule has 12 heterocycles. The number of ether oxygens (including phenoxy) is 10. The Labute approximate surface area is 811 Å². The Morgan fingerprint density at radius 1 is 0.568 bits per heavy atom. The molecule has 4 saturated heterocycles. The average Bonchev–Trinajstić information content (AvgIpc) is 1.53. The van der Waals surface area contributed by atoms with Crippen LogP contribution in [0.4, 0.5) is 13.2 Å². The summed E-state index contributed by atoms with van der Waals surface area (Å²) in [6.07, 6.45) is 4.91. The molecule has 4 amide bonds. The number of nitrogens with zero attached hydrogens (tertiary/aromatic N) is 10. The van der Waals surface area contributed by atoms with Gasteiger partial charge in [0.1, 0.15) is 58.9 Å². The van der Waals surface area contributed by atoms with E-state index in [1.165, 1.54) is 47.5 Å². The quantitative estimate of drug-likeness (QED) is 0.0471. The van der Waals surface area contributed by atoms with Crippen LogP contribution in [0, 0.1) is 23.2 Å². The smallest absolute Gasteiger partial charge is 0.431 e. The molecule has 11 aromatic rings. The lowest BCUT2D eigenvalue weighted by atomic mass is 9.81. The van der Waals surface area contributed by atoms with Crippen molar-refractivity contribution in [1.29, 1.82) is 5.26 Å². The Bertz CT molecular complexity index is 6430. The van der Waals surface area contributed by atoms with Gasteiger partial charge < -0.3 is 86.3 Å². The van der Waals surface area contributed by atoms with E-state index >= 15 is 0 Å². The van der Waals surface area contributed by atoms with Gasteiger partial charge in [0.2, 0.25) is 15.9 Å². The van der Waals surface area contributed by atoms with Crippen molar-refractivity contribution in [2.45, 2.75) is 176 Å². The molecule has 3 N–H and O–H groups in total. The van der Waals surface area contributed by atoms with Gasteiger partial charge in [-0.25, -0.2) is 8.42 Å². The minimum Gasteiger partial charge on any atom is -0.493 e. The number of nitrogens with one attached hydrogen (secondary N) is 1. The van der Waals surface area contributed by atoms with Crippen molar-refractivity contribution in [2.24, 2.45) is 11.8 Å². The Hall–Kier alpha value is -12.8. The number of aromatic nitrogens is 5. The monoisotopic (exact) mass is 1930 g/mol. The standard InChI is InChI=1S/C27H27F3N2O3.C27H31N3O5.C27H36N2O5.C25H24N4O5S.3H2/c1-17(2)24(33)18-7-9-19(10-8-18)25(34)31-15-13-26(14-16-31)22-11-12-23(27(28,29)30)32(22)20-5-3-4-6-21(20)35-26;1-4-30-25-20-7-5-6-8-22(20)35-27(21(25)18-28-30)11-13-29(14-12-27)26(31)19-9-10-23(24(17-19)33-3)34-16-15-32-2;1-19(31-2)18-33-23-11-10-20(17-24(23)32-3)26(30)28-15-12-27(13-16-28)25-9-6-14-29(25)21-7-4-5-8-22(21)34-27;1-17(30)27-35(32,33)20-9-6-18(7-10-20)24(31)28-14-12-25(13-15-28)23-11-8-19(16-26)29(23)21-4-2-3-5-22(21)34-25;;;/h3-12,17,24,33H,13-16H2,1-2H3;5-10,17-18H,4,11-16H2,1-3H3;4-9,14,19-20,23-24H,10-13,15-18H2,1-3H3;2-11,17,27,30H,12-15H2,1H3;3*1H/t;;19-,20?,23?,24?;;;;/m..0..../s1. The summed E-state index contributed by atoms with van der Waals surface area (Å²) in [4.78, 5) is 60.4. The van der Waals surface area contributed by atoms with Crippen LogP contribution in [0.15, 0.2) is 217 Å². The number of carbonyl (C=O) groups is 4. The van der Waals surface area contributed by atoms with Gasteiger partial charge in [-0.1, -0.05) is 74.5 Å². The lowest BCUT2D eigenvalue weighted by Crippen LogP contribution is -2.52. The summed E-state index contributed by atoms with van der Waals surface area (Å²) < 4.78 is 135. The number of likely N-dealkylation sites (tertiary alicyclic amines) is 4. The Morgan fingerprint density at radius 2 is 1.08 bits per heavy atom. The number of amides is 4. The molecule has 8 aliphatic heterocycles. The average molecular weight is 1930 g/mol. The number of fused-ring (bicyclic) bond motifs is 16. The molecule has 29 nitrogen and oxygen atoms in total. The van der Waals surface area contributed by atoms with Crippen molar-refractivity contribution in [3.8, 4) is 68.9 Å². The molecule has 5 unspecified atom stereocenters. The Morgan fingerprint density at radius 3 is 1.63 bits per heavy atom. The third kappa shape index (κ3) is 19.6. The van der Waals surface area contributed by atoms with E-state index in [1.54, 1.807) is 111 Å². The minimum absolute atomic E-state index is 0. The van der Waals surface area contributed by atoms with Gasteiger partial charge >= 0.3 is 6.18 Å². The number of sulfonamides is 1. The lowest BCUT2D eigenvalue weighted by Gasteiger charge is -2.46. The maximum absolute atomic E-state index is 13.8. The topological polar surface area (TPSA) is 317 Å². The van der Waals surface area contributed by atoms with Gasteiger partial charge in [-0.2, -0.15) is 28.3 Å². The molecule has 1 aliphatic carbocycles. The molecule has 7 aromatic carbocycles. The molecule has 33 heteroatoms. The number of piperidine rings is 4. The molecule has 6 atom stereocenters. The fraction of sp³-hybridized carbons (Fsp3) is 0.415. The number of carbonyl (C=O) groups excluding carboxylic acids is 4. The fourth-order valence-electron chi connectivity index (χ4n) is 20.7. The van der Waals surface area contributed by atoms with E-state index in [0.29, 0.717) is 174 Å². The second-order valence-electron chi connectivity index (χ2n) is 37.0. The van der Waals surface area contributed by atoms with Crippen LogP contribution in [0.2, 0.25) is 0 Å². The summed E-state index contributed by atoms with van der Waals surface area (Å²) in [5, 5.41) is 33.8. The zero-order valence-corrected chi connectivity index (χ0v) is 80.3. The van der Waals surface area contributed by atoms with E-state index < -0.39 is 51.0 Å². The van der Waals surface area contributed by atoms with E-state index in [4.69, 9.17) is 47.4 Å². The van der Waals surface area contributed by atoms with Crippen LogP contribution in [0.25, 0.3) is 28.3 Å².